The normalized spacial score (nSPS) is 13.3. The van der Waals surface area contributed by atoms with Crippen molar-refractivity contribution in [2.24, 2.45) is 0 Å². The Hall–Kier alpha value is -2.03. The van der Waals surface area contributed by atoms with Gasteiger partial charge in [0.1, 0.15) is 0 Å². The van der Waals surface area contributed by atoms with Crippen molar-refractivity contribution in [1.82, 2.24) is 4.57 Å². The van der Waals surface area contributed by atoms with Crippen molar-refractivity contribution in [3.8, 4) is 11.3 Å². The lowest BCUT2D eigenvalue weighted by Crippen LogP contribution is -2.07. The molecule has 0 fully saturated rings. The van der Waals surface area contributed by atoms with Crippen molar-refractivity contribution in [1.29, 1.82) is 0 Å². The van der Waals surface area contributed by atoms with Crippen molar-refractivity contribution in [3.05, 3.63) is 47.7 Å². The fourth-order valence-electron chi connectivity index (χ4n) is 2.75. The molecule has 1 aliphatic rings. The Morgan fingerprint density at radius 3 is 2.84 bits per heavy atom. The lowest BCUT2D eigenvalue weighted by atomic mass is 10.1. The minimum absolute atomic E-state index is 0.219. The van der Waals surface area contributed by atoms with Gasteiger partial charge in [-0.2, -0.15) is 0 Å². The van der Waals surface area contributed by atoms with E-state index in [1.165, 1.54) is 5.69 Å². The van der Waals surface area contributed by atoms with Gasteiger partial charge in [0.15, 0.2) is 0 Å². The van der Waals surface area contributed by atoms with Crippen LogP contribution in [0.2, 0.25) is 0 Å². The summed E-state index contributed by atoms with van der Waals surface area (Å²) in [6.45, 7) is 3.23. The molecule has 1 aliphatic heterocycles. The van der Waals surface area contributed by atoms with Crippen LogP contribution < -0.4 is 0 Å². The summed E-state index contributed by atoms with van der Waals surface area (Å²) in [7, 11) is 0. The van der Waals surface area contributed by atoms with E-state index < -0.39 is 0 Å². The number of carbonyl (C=O) groups is 1. The summed E-state index contributed by atoms with van der Waals surface area (Å²) in [6, 6.07) is 12.1. The number of carbonyl (C=O) groups excluding carboxylic acids is 1. The highest BCUT2D eigenvalue weighted by atomic mass is 16.5. The molecule has 1 aromatic heterocycles. The highest BCUT2D eigenvalue weighted by Gasteiger charge is 2.24. The lowest BCUT2D eigenvalue weighted by Gasteiger charge is -2.09. The second kappa shape index (κ2) is 4.92. The lowest BCUT2D eigenvalue weighted by molar-refractivity contribution is 0.0527. The van der Waals surface area contributed by atoms with E-state index in [2.05, 4.69) is 4.57 Å². The van der Waals surface area contributed by atoms with E-state index in [1.807, 2.05) is 43.3 Å². The molecule has 98 valence electrons. The number of hydrogen-bond donors (Lipinski definition) is 0. The third-order valence-corrected chi connectivity index (χ3v) is 3.54. The number of esters is 1. The van der Waals surface area contributed by atoms with Gasteiger partial charge in [-0.05, 0) is 31.4 Å². The molecule has 0 radical (unpaired) electrons. The number of hydrogen-bond acceptors (Lipinski definition) is 2. The Balaban J connectivity index is 2.13. The molecule has 2 heterocycles. The van der Waals surface area contributed by atoms with Gasteiger partial charge in [-0.3, -0.25) is 0 Å². The van der Waals surface area contributed by atoms with E-state index in [-0.39, 0.29) is 5.97 Å². The maximum Gasteiger partial charge on any atom is 0.340 e. The molecule has 1 aromatic carbocycles. The van der Waals surface area contributed by atoms with Gasteiger partial charge in [0.25, 0.3) is 0 Å². The van der Waals surface area contributed by atoms with Gasteiger partial charge in [0, 0.05) is 12.2 Å². The zero-order valence-electron chi connectivity index (χ0n) is 11.1. The van der Waals surface area contributed by atoms with E-state index in [0.717, 1.165) is 30.6 Å². The minimum Gasteiger partial charge on any atom is -0.462 e. The van der Waals surface area contributed by atoms with Crippen molar-refractivity contribution in [2.45, 2.75) is 26.3 Å². The summed E-state index contributed by atoms with van der Waals surface area (Å²) < 4.78 is 7.43. The summed E-state index contributed by atoms with van der Waals surface area (Å²) in [5.74, 6) is -0.219. The Labute approximate surface area is 112 Å². The number of rotatable bonds is 3. The predicted molar refractivity (Wildman–Crippen MR) is 74.1 cm³/mol. The maximum atomic E-state index is 12.1. The summed E-state index contributed by atoms with van der Waals surface area (Å²) >= 11 is 0. The first-order valence-electron chi connectivity index (χ1n) is 6.76. The summed E-state index contributed by atoms with van der Waals surface area (Å²) in [6.07, 6.45) is 2.19. The largest absolute Gasteiger partial charge is 0.462 e. The quantitative estimate of drug-likeness (QED) is 0.788. The van der Waals surface area contributed by atoms with Crippen molar-refractivity contribution in [2.75, 3.05) is 6.61 Å². The minimum atomic E-state index is -0.219. The number of aromatic nitrogens is 1. The van der Waals surface area contributed by atoms with Gasteiger partial charge in [-0.25, -0.2) is 4.79 Å². The first-order valence-corrected chi connectivity index (χ1v) is 6.76. The van der Waals surface area contributed by atoms with E-state index in [4.69, 9.17) is 4.74 Å². The molecule has 3 heteroatoms. The molecule has 2 aromatic rings. The zero-order chi connectivity index (χ0) is 13.2. The van der Waals surface area contributed by atoms with E-state index in [9.17, 15) is 4.79 Å². The zero-order valence-corrected chi connectivity index (χ0v) is 11.1. The summed E-state index contributed by atoms with van der Waals surface area (Å²) in [5.41, 5.74) is 4.02. The van der Waals surface area contributed by atoms with Crippen LogP contribution in [0.15, 0.2) is 36.4 Å². The van der Waals surface area contributed by atoms with E-state index in [1.54, 1.807) is 0 Å². The average molecular weight is 255 g/mol. The Bertz CT molecular complexity index is 599. The van der Waals surface area contributed by atoms with Crippen LogP contribution in [0.5, 0.6) is 0 Å². The Morgan fingerprint density at radius 2 is 2.11 bits per heavy atom. The van der Waals surface area contributed by atoms with Crippen LogP contribution in [0.4, 0.5) is 0 Å². The summed E-state index contributed by atoms with van der Waals surface area (Å²) in [4.78, 5) is 12.1. The van der Waals surface area contributed by atoms with Crippen LogP contribution in [0.1, 0.15) is 29.4 Å². The fraction of sp³-hybridized carbons (Fsp3) is 0.312. The molecule has 0 unspecified atom stereocenters. The van der Waals surface area contributed by atoms with Gasteiger partial charge < -0.3 is 9.30 Å². The first kappa shape index (κ1) is 12.0. The number of fused-ring (bicyclic) bond motifs is 1. The highest BCUT2D eigenvalue weighted by Crippen LogP contribution is 2.32. The molecule has 0 amide bonds. The molecule has 0 bridgehead atoms. The number of nitrogens with zero attached hydrogens (tertiary/aromatic N) is 1. The number of aryl methyl sites for hydroxylation is 1. The average Bonchev–Trinajstić information content (AvgIpc) is 2.99. The third-order valence-electron chi connectivity index (χ3n) is 3.54. The monoisotopic (exact) mass is 255 g/mol. The molecule has 0 spiro atoms. The molecule has 0 saturated heterocycles. The molecule has 19 heavy (non-hydrogen) atoms. The first-order chi connectivity index (χ1) is 9.31. The van der Waals surface area contributed by atoms with Crippen LogP contribution in [0.3, 0.4) is 0 Å². The van der Waals surface area contributed by atoms with Gasteiger partial charge in [0.05, 0.1) is 17.9 Å². The van der Waals surface area contributed by atoms with E-state index >= 15 is 0 Å². The van der Waals surface area contributed by atoms with Gasteiger partial charge in [0.2, 0.25) is 0 Å². The second-order valence-corrected chi connectivity index (χ2v) is 4.74. The number of benzene rings is 1. The van der Waals surface area contributed by atoms with Crippen LogP contribution in [-0.2, 0) is 17.7 Å². The van der Waals surface area contributed by atoms with E-state index in [0.29, 0.717) is 12.2 Å². The molecule has 0 N–H and O–H groups in total. The SMILES string of the molecule is CCOC(=O)c1cc2n(c1-c1ccccc1)CCC2. The molecular weight excluding hydrogens is 238 g/mol. The van der Waals surface area contributed by atoms with Crippen LogP contribution >= 0.6 is 0 Å². The van der Waals surface area contributed by atoms with Gasteiger partial charge in [-0.15, -0.1) is 0 Å². The Kier molecular flexibility index (Phi) is 3.11. The molecule has 0 aliphatic carbocycles. The molecule has 3 rings (SSSR count). The van der Waals surface area contributed by atoms with Gasteiger partial charge in [-0.1, -0.05) is 30.3 Å². The highest BCUT2D eigenvalue weighted by molar-refractivity contribution is 5.97. The van der Waals surface area contributed by atoms with Crippen LogP contribution in [0, 0.1) is 0 Å². The Morgan fingerprint density at radius 1 is 1.32 bits per heavy atom. The van der Waals surface area contributed by atoms with Crippen molar-refractivity contribution in [3.63, 3.8) is 0 Å². The standard InChI is InChI=1S/C16H17NO2/c1-2-19-16(18)14-11-13-9-6-10-17(13)15(14)12-7-4-3-5-8-12/h3-5,7-8,11H,2,6,9-10H2,1H3. The molecular formula is C16H17NO2. The smallest absolute Gasteiger partial charge is 0.340 e. The number of ether oxygens (including phenoxy) is 1. The predicted octanol–water partition coefficient (Wildman–Crippen LogP) is 3.28. The maximum absolute atomic E-state index is 12.1. The molecule has 0 atom stereocenters. The van der Waals surface area contributed by atoms with Crippen molar-refractivity contribution < 1.29 is 9.53 Å². The van der Waals surface area contributed by atoms with Crippen LogP contribution in [-0.4, -0.2) is 17.1 Å². The van der Waals surface area contributed by atoms with Crippen molar-refractivity contribution >= 4 is 5.97 Å². The molecule has 3 nitrogen and oxygen atoms in total. The fourth-order valence-corrected chi connectivity index (χ4v) is 2.75. The summed E-state index contributed by atoms with van der Waals surface area (Å²) in [5, 5.41) is 0. The van der Waals surface area contributed by atoms with Gasteiger partial charge >= 0.3 is 5.97 Å². The van der Waals surface area contributed by atoms with Crippen LogP contribution in [0.25, 0.3) is 11.3 Å². The second-order valence-electron chi connectivity index (χ2n) is 4.74. The molecule has 0 saturated carbocycles. The topological polar surface area (TPSA) is 31.2 Å². The third kappa shape index (κ3) is 2.05.